The Morgan fingerprint density at radius 1 is 0.765 bits per heavy atom. The first-order chi connectivity index (χ1) is 16.7. The number of nitrogens with zero attached hydrogens (tertiary/aromatic N) is 2. The summed E-state index contributed by atoms with van der Waals surface area (Å²) in [6.07, 6.45) is 0. The minimum Gasteiger partial charge on any atom is -0.484 e. The molecule has 0 fully saturated rings. The molecule has 3 aromatic carbocycles. The zero-order valence-electron chi connectivity index (χ0n) is 18.2. The molecule has 0 unspecified atom stereocenters. The Bertz CT molecular complexity index is 1190. The number of para-hydroxylation sites is 1. The molecule has 1 N–H and O–H groups in total. The van der Waals surface area contributed by atoms with Gasteiger partial charge in [-0.1, -0.05) is 18.2 Å². The smallest absolute Gasteiger partial charge is 0.258 e. The molecule has 34 heavy (non-hydrogen) atoms. The van der Waals surface area contributed by atoms with Crippen molar-refractivity contribution in [1.29, 1.82) is 0 Å². The second kappa shape index (κ2) is 11.4. The van der Waals surface area contributed by atoms with Gasteiger partial charge in [0.1, 0.15) is 29.7 Å². The van der Waals surface area contributed by atoms with Gasteiger partial charge in [0, 0.05) is 11.6 Å². The third kappa shape index (κ3) is 6.77. The Balaban J connectivity index is 1.14. The van der Waals surface area contributed by atoms with Crippen molar-refractivity contribution in [2.45, 2.75) is 0 Å². The van der Waals surface area contributed by atoms with Crippen LogP contribution in [0.5, 0.6) is 23.1 Å². The van der Waals surface area contributed by atoms with Gasteiger partial charge in [-0.15, -0.1) is 10.2 Å². The lowest BCUT2D eigenvalue weighted by Gasteiger charge is -2.09. The number of hydrogen-bond donors (Lipinski definition) is 1. The van der Waals surface area contributed by atoms with E-state index in [2.05, 4.69) is 15.5 Å². The highest BCUT2D eigenvalue weighted by atomic mass is 19.1. The maximum absolute atomic E-state index is 13.0. The number of aromatic nitrogens is 2. The molecular formula is C26H22FN3O4. The lowest BCUT2D eigenvalue weighted by atomic mass is 10.1. The average Bonchev–Trinajstić information content (AvgIpc) is 2.88. The molecule has 172 valence electrons. The summed E-state index contributed by atoms with van der Waals surface area (Å²) in [5.74, 6) is 1.72. The Kier molecular flexibility index (Phi) is 7.63. The second-order valence-electron chi connectivity index (χ2n) is 7.14. The number of ether oxygens (including phenoxy) is 3. The van der Waals surface area contributed by atoms with Gasteiger partial charge < -0.3 is 19.5 Å². The van der Waals surface area contributed by atoms with Gasteiger partial charge in [-0.25, -0.2) is 4.39 Å². The van der Waals surface area contributed by atoms with Gasteiger partial charge in [-0.2, -0.15) is 0 Å². The van der Waals surface area contributed by atoms with Crippen LogP contribution in [0.4, 0.5) is 4.39 Å². The van der Waals surface area contributed by atoms with Gasteiger partial charge >= 0.3 is 0 Å². The van der Waals surface area contributed by atoms with Crippen LogP contribution in [0.25, 0.3) is 11.3 Å². The summed E-state index contributed by atoms with van der Waals surface area (Å²) in [5.41, 5.74) is 1.36. The molecule has 4 aromatic rings. The van der Waals surface area contributed by atoms with Gasteiger partial charge in [-0.05, 0) is 66.7 Å². The van der Waals surface area contributed by atoms with E-state index >= 15 is 0 Å². The number of amides is 1. The van der Waals surface area contributed by atoms with Gasteiger partial charge in [0.2, 0.25) is 5.88 Å². The summed E-state index contributed by atoms with van der Waals surface area (Å²) in [5, 5.41) is 10.8. The predicted octanol–water partition coefficient (Wildman–Crippen LogP) is 4.65. The van der Waals surface area contributed by atoms with Gasteiger partial charge in [0.05, 0.1) is 12.2 Å². The van der Waals surface area contributed by atoms with E-state index in [9.17, 15) is 9.18 Å². The first-order valence-corrected chi connectivity index (χ1v) is 10.6. The first-order valence-electron chi connectivity index (χ1n) is 10.6. The molecule has 0 spiro atoms. The van der Waals surface area contributed by atoms with E-state index in [0.29, 0.717) is 23.1 Å². The predicted molar refractivity (Wildman–Crippen MR) is 124 cm³/mol. The van der Waals surface area contributed by atoms with E-state index in [1.54, 1.807) is 48.5 Å². The molecular weight excluding hydrogens is 437 g/mol. The highest BCUT2D eigenvalue weighted by Crippen LogP contribution is 2.23. The maximum atomic E-state index is 13.0. The second-order valence-corrected chi connectivity index (χ2v) is 7.14. The molecule has 0 aliphatic rings. The van der Waals surface area contributed by atoms with Crippen LogP contribution >= 0.6 is 0 Å². The van der Waals surface area contributed by atoms with Crippen LogP contribution in [-0.4, -0.2) is 35.9 Å². The Hall–Kier alpha value is -4.46. The minimum atomic E-state index is -0.310. The molecule has 0 atom stereocenters. The van der Waals surface area contributed by atoms with Crippen LogP contribution in [0, 0.1) is 5.82 Å². The zero-order chi connectivity index (χ0) is 23.6. The number of hydrogen-bond acceptors (Lipinski definition) is 6. The standard InChI is InChI=1S/C26H22FN3O4/c27-20-8-6-19(7-9-20)24-14-15-26(30-29-24)32-17-16-28-25(31)18-33-21-10-12-23(13-11-21)34-22-4-2-1-3-5-22/h1-15H,16-18H2,(H,28,31). The maximum Gasteiger partial charge on any atom is 0.258 e. The largest absolute Gasteiger partial charge is 0.484 e. The lowest BCUT2D eigenvalue weighted by molar-refractivity contribution is -0.123. The summed E-state index contributed by atoms with van der Waals surface area (Å²) in [4.78, 5) is 12.0. The van der Waals surface area contributed by atoms with Crippen LogP contribution < -0.4 is 19.5 Å². The third-order valence-corrected chi connectivity index (χ3v) is 4.63. The number of carbonyl (C=O) groups is 1. The monoisotopic (exact) mass is 459 g/mol. The van der Waals surface area contributed by atoms with E-state index in [1.165, 1.54) is 12.1 Å². The van der Waals surface area contributed by atoms with Gasteiger partial charge in [0.25, 0.3) is 5.91 Å². The fourth-order valence-electron chi connectivity index (χ4n) is 2.95. The van der Waals surface area contributed by atoms with Gasteiger partial charge in [0.15, 0.2) is 6.61 Å². The van der Waals surface area contributed by atoms with E-state index in [0.717, 1.165) is 11.3 Å². The number of carbonyl (C=O) groups excluding carboxylic acids is 1. The van der Waals surface area contributed by atoms with Crippen molar-refractivity contribution >= 4 is 5.91 Å². The molecule has 1 heterocycles. The molecule has 1 amide bonds. The van der Waals surface area contributed by atoms with E-state index < -0.39 is 0 Å². The van der Waals surface area contributed by atoms with E-state index in [-0.39, 0.29) is 31.5 Å². The molecule has 1 aromatic heterocycles. The van der Waals surface area contributed by atoms with Crippen LogP contribution in [0.1, 0.15) is 0 Å². The molecule has 0 aliphatic heterocycles. The Labute approximate surface area is 196 Å². The van der Waals surface area contributed by atoms with Crippen molar-refractivity contribution < 1.29 is 23.4 Å². The summed E-state index contributed by atoms with van der Waals surface area (Å²) in [6.45, 7) is 0.389. The molecule has 0 saturated heterocycles. The Morgan fingerprint density at radius 2 is 1.47 bits per heavy atom. The van der Waals surface area contributed by atoms with Crippen molar-refractivity contribution in [2.24, 2.45) is 0 Å². The minimum absolute atomic E-state index is 0.120. The molecule has 8 heteroatoms. The quantitative estimate of drug-likeness (QED) is 0.348. The number of halogens is 1. The topological polar surface area (TPSA) is 82.6 Å². The molecule has 0 radical (unpaired) electrons. The van der Waals surface area contributed by atoms with Crippen molar-refractivity contribution in [3.8, 4) is 34.4 Å². The van der Waals surface area contributed by atoms with Gasteiger partial charge in [-0.3, -0.25) is 4.79 Å². The van der Waals surface area contributed by atoms with Crippen LogP contribution in [0.2, 0.25) is 0 Å². The fraction of sp³-hybridized carbons (Fsp3) is 0.115. The number of nitrogens with one attached hydrogen (secondary N) is 1. The highest BCUT2D eigenvalue weighted by Gasteiger charge is 2.05. The molecule has 0 bridgehead atoms. The average molecular weight is 459 g/mol. The van der Waals surface area contributed by atoms with Crippen LogP contribution in [0.3, 0.4) is 0 Å². The fourth-order valence-corrected chi connectivity index (χ4v) is 2.95. The van der Waals surface area contributed by atoms with Crippen molar-refractivity contribution in [3.63, 3.8) is 0 Å². The SMILES string of the molecule is O=C(COc1ccc(Oc2ccccc2)cc1)NCCOc1ccc(-c2ccc(F)cc2)nn1. The summed E-state index contributed by atoms with van der Waals surface area (Å²) in [7, 11) is 0. The molecule has 0 saturated carbocycles. The number of rotatable bonds is 10. The van der Waals surface area contributed by atoms with Crippen molar-refractivity contribution in [2.75, 3.05) is 19.8 Å². The molecule has 0 aliphatic carbocycles. The first kappa shape index (κ1) is 22.7. The number of benzene rings is 3. The summed E-state index contributed by atoms with van der Waals surface area (Å²) >= 11 is 0. The molecule has 4 rings (SSSR count). The lowest BCUT2D eigenvalue weighted by Crippen LogP contribution is -2.32. The summed E-state index contributed by atoms with van der Waals surface area (Å²) < 4.78 is 29.7. The van der Waals surface area contributed by atoms with Crippen LogP contribution in [-0.2, 0) is 4.79 Å². The van der Waals surface area contributed by atoms with Crippen LogP contribution in [0.15, 0.2) is 91.0 Å². The van der Waals surface area contributed by atoms with Crippen molar-refractivity contribution in [3.05, 3.63) is 96.8 Å². The Morgan fingerprint density at radius 3 is 2.18 bits per heavy atom. The normalized spacial score (nSPS) is 10.4. The summed E-state index contributed by atoms with van der Waals surface area (Å²) in [6, 6.07) is 25.9. The third-order valence-electron chi connectivity index (χ3n) is 4.63. The highest BCUT2D eigenvalue weighted by molar-refractivity contribution is 5.77. The van der Waals surface area contributed by atoms with E-state index in [4.69, 9.17) is 14.2 Å². The van der Waals surface area contributed by atoms with E-state index in [1.807, 2.05) is 30.3 Å². The molecule has 7 nitrogen and oxygen atoms in total. The van der Waals surface area contributed by atoms with Crippen molar-refractivity contribution in [1.82, 2.24) is 15.5 Å². The zero-order valence-corrected chi connectivity index (χ0v) is 18.2.